The van der Waals surface area contributed by atoms with Gasteiger partial charge in [-0.25, -0.2) is 0 Å². The summed E-state index contributed by atoms with van der Waals surface area (Å²) in [4.78, 5) is 4.60. The van der Waals surface area contributed by atoms with Crippen molar-refractivity contribution in [1.82, 2.24) is 0 Å². The minimum atomic E-state index is -0.598. The first kappa shape index (κ1) is 41.7. The molecule has 0 unspecified atom stereocenters. The Morgan fingerprint density at radius 3 is 1.07 bits per heavy atom. The van der Waals surface area contributed by atoms with Crippen molar-refractivity contribution in [2.45, 2.75) is 44.9 Å². The van der Waals surface area contributed by atoms with Crippen LogP contribution >= 0.6 is 0 Å². The lowest BCUT2D eigenvalue weighted by Gasteiger charge is -2.33. The number of nitriles is 2. The summed E-state index contributed by atoms with van der Waals surface area (Å²) >= 11 is 0. The first-order valence-corrected chi connectivity index (χ1v) is 23.9. The van der Waals surface area contributed by atoms with Crippen LogP contribution < -0.4 is 9.80 Å². The van der Waals surface area contributed by atoms with E-state index in [1.54, 1.807) is 0 Å². The van der Waals surface area contributed by atoms with Crippen LogP contribution in [-0.2, 0) is 5.41 Å². The van der Waals surface area contributed by atoms with Gasteiger partial charge in [0.15, 0.2) is 0 Å². The fourth-order valence-electron chi connectivity index (χ4n) is 11.3. The van der Waals surface area contributed by atoms with Crippen molar-refractivity contribution in [3.8, 4) is 34.4 Å². The molecule has 328 valence electrons. The summed E-state index contributed by atoms with van der Waals surface area (Å²) in [5.74, 6) is 0.838. The molecular formula is C65H48N4. The minimum Gasteiger partial charge on any atom is -0.310 e. The van der Waals surface area contributed by atoms with Gasteiger partial charge in [0.25, 0.3) is 0 Å². The molecule has 0 atom stereocenters. The molecule has 0 fully saturated rings. The van der Waals surface area contributed by atoms with Crippen molar-refractivity contribution < 1.29 is 0 Å². The van der Waals surface area contributed by atoms with Crippen LogP contribution in [0.2, 0.25) is 0 Å². The molecule has 4 heteroatoms. The normalized spacial score (nSPS) is 12.7. The van der Waals surface area contributed by atoms with Crippen LogP contribution in [0.25, 0.3) is 43.8 Å². The van der Waals surface area contributed by atoms with Crippen molar-refractivity contribution in [1.29, 1.82) is 10.5 Å². The molecule has 0 N–H and O–H groups in total. The third kappa shape index (κ3) is 6.48. The number of benzene rings is 10. The second-order valence-corrected chi connectivity index (χ2v) is 19.1. The van der Waals surface area contributed by atoms with E-state index in [4.69, 9.17) is 0 Å². The highest BCUT2D eigenvalue weighted by atomic mass is 15.1. The Labute approximate surface area is 404 Å². The summed E-state index contributed by atoms with van der Waals surface area (Å²) in [5.41, 5.74) is 19.7. The zero-order valence-electron chi connectivity index (χ0n) is 39.1. The predicted octanol–water partition coefficient (Wildman–Crippen LogP) is 17.3. The maximum Gasteiger partial charge on any atom is 0.0991 e. The topological polar surface area (TPSA) is 54.1 Å². The summed E-state index contributed by atoms with van der Waals surface area (Å²) in [7, 11) is 0. The lowest BCUT2D eigenvalue weighted by atomic mass is 9.68. The lowest BCUT2D eigenvalue weighted by Crippen LogP contribution is -2.26. The van der Waals surface area contributed by atoms with E-state index in [0.717, 1.165) is 44.9 Å². The van der Waals surface area contributed by atoms with Crippen LogP contribution in [0.1, 0.15) is 84.0 Å². The molecule has 0 amide bonds. The summed E-state index contributed by atoms with van der Waals surface area (Å²) in [6.07, 6.45) is 0. The standard InChI is InChI=1S/C65H48N4/c1-41(2)45-17-27-51(28-18-45)68(49-23-13-43(39-66)14-24-49)53-31-35-55-47(37-53)21-33-59-60-34-22-48-38-54(69(50-25-15-44(40-67)16-26-50)52-29-19-46(20-30-52)42(3)4)32-36-56(48)64(60)65(63(55)59)61-11-7-5-9-57(61)58-10-6-8-12-62(58)65/h5-38,41-42H,1-4H3. The van der Waals surface area contributed by atoms with Crippen LogP contribution in [-0.4, -0.2) is 0 Å². The molecule has 2 aliphatic carbocycles. The Morgan fingerprint density at radius 2 is 0.710 bits per heavy atom. The van der Waals surface area contributed by atoms with Crippen molar-refractivity contribution in [2.24, 2.45) is 0 Å². The van der Waals surface area contributed by atoms with Crippen molar-refractivity contribution in [2.75, 3.05) is 9.80 Å². The molecule has 69 heavy (non-hydrogen) atoms. The predicted molar refractivity (Wildman–Crippen MR) is 285 cm³/mol. The zero-order chi connectivity index (χ0) is 47.0. The molecule has 0 bridgehead atoms. The van der Waals surface area contributed by atoms with Gasteiger partial charge in [-0.15, -0.1) is 0 Å². The lowest BCUT2D eigenvalue weighted by molar-refractivity contribution is 0.809. The monoisotopic (exact) mass is 884 g/mol. The summed E-state index contributed by atoms with van der Waals surface area (Å²) < 4.78 is 0. The van der Waals surface area contributed by atoms with Crippen LogP contribution in [0.15, 0.2) is 206 Å². The smallest absolute Gasteiger partial charge is 0.0991 e. The fraction of sp³-hybridized carbons (Fsp3) is 0.108. The average molecular weight is 885 g/mol. The Bertz CT molecular complexity index is 3490. The largest absolute Gasteiger partial charge is 0.310 e. The Kier molecular flexibility index (Phi) is 9.84. The Hall–Kier alpha value is -8.70. The molecule has 0 aromatic heterocycles. The van der Waals surface area contributed by atoms with E-state index >= 15 is 0 Å². The third-order valence-electron chi connectivity index (χ3n) is 14.7. The highest BCUT2D eigenvalue weighted by Gasteiger charge is 2.53. The number of rotatable bonds is 8. The molecule has 12 rings (SSSR count). The van der Waals surface area contributed by atoms with E-state index in [1.807, 2.05) is 48.5 Å². The van der Waals surface area contributed by atoms with Crippen molar-refractivity contribution in [3.63, 3.8) is 0 Å². The molecular weight excluding hydrogens is 837 g/mol. The number of fused-ring (bicyclic) bond motifs is 14. The van der Waals surface area contributed by atoms with Crippen LogP contribution in [0, 0.1) is 22.7 Å². The van der Waals surface area contributed by atoms with Gasteiger partial charge in [0.1, 0.15) is 0 Å². The molecule has 0 aliphatic heterocycles. The molecule has 0 heterocycles. The molecule has 0 saturated heterocycles. The number of nitrogens with zero attached hydrogens (tertiary/aromatic N) is 4. The maximum atomic E-state index is 9.70. The molecule has 10 aromatic carbocycles. The van der Waals surface area contributed by atoms with Crippen molar-refractivity contribution >= 4 is 55.7 Å². The maximum absolute atomic E-state index is 9.70. The first-order valence-electron chi connectivity index (χ1n) is 23.9. The van der Waals surface area contributed by atoms with Gasteiger partial charge < -0.3 is 9.80 Å². The molecule has 10 aromatic rings. The fourth-order valence-corrected chi connectivity index (χ4v) is 11.3. The second-order valence-electron chi connectivity index (χ2n) is 19.1. The number of anilines is 6. The first-order chi connectivity index (χ1) is 33.8. The van der Waals surface area contributed by atoms with Gasteiger partial charge in [-0.1, -0.05) is 137 Å². The van der Waals surface area contributed by atoms with Gasteiger partial charge in [-0.2, -0.15) is 10.5 Å². The summed E-state index contributed by atoms with van der Waals surface area (Å²) in [5, 5.41) is 24.1. The van der Waals surface area contributed by atoms with E-state index in [0.29, 0.717) is 23.0 Å². The molecule has 0 radical (unpaired) electrons. The second kappa shape index (κ2) is 16.3. The van der Waals surface area contributed by atoms with E-state index in [1.165, 1.54) is 66.4 Å². The van der Waals surface area contributed by atoms with Gasteiger partial charge in [-0.3, -0.25) is 0 Å². The number of hydrogen-bond acceptors (Lipinski definition) is 4. The van der Waals surface area contributed by atoms with E-state index in [-0.39, 0.29) is 0 Å². The van der Waals surface area contributed by atoms with Gasteiger partial charge in [0.2, 0.25) is 0 Å². The van der Waals surface area contributed by atoms with E-state index in [2.05, 4.69) is 207 Å². The Balaban J connectivity index is 1.08. The van der Waals surface area contributed by atoms with Crippen LogP contribution in [0.4, 0.5) is 34.1 Å². The van der Waals surface area contributed by atoms with Gasteiger partial charge in [-0.05, 0) is 186 Å². The Morgan fingerprint density at radius 1 is 0.362 bits per heavy atom. The van der Waals surface area contributed by atoms with E-state index in [9.17, 15) is 10.5 Å². The summed E-state index contributed by atoms with van der Waals surface area (Å²) in [6.45, 7) is 8.90. The molecule has 4 nitrogen and oxygen atoms in total. The van der Waals surface area contributed by atoms with Crippen molar-refractivity contribution in [3.05, 3.63) is 251 Å². The van der Waals surface area contributed by atoms with Gasteiger partial charge in [0.05, 0.1) is 28.7 Å². The SMILES string of the molecule is CC(C)c1ccc(N(c2ccc(C#N)cc2)c2ccc3c4c(ccc3c2)-c2ccc3cc(N(c5ccc(C#N)cc5)c5ccc(C(C)C)cc5)ccc3c2C42c3ccccc3-c3ccccc32)cc1. The van der Waals surface area contributed by atoms with Crippen LogP contribution in [0.3, 0.4) is 0 Å². The quantitative estimate of drug-likeness (QED) is 0.153. The summed E-state index contributed by atoms with van der Waals surface area (Å²) in [6, 6.07) is 79.4. The minimum absolute atomic E-state index is 0.419. The number of hydrogen-bond donors (Lipinski definition) is 0. The molecule has 1 spiro atoms. The van der Waals surface area contributed by atoms with E-state index < -0.39 is 5.41 Å². The highest BCUT2D eigenvalue weighted by Crippen LogP contribution is 2.65. The van der Waals surface area contributed by atoms with Crippen LogP contribution in [0.5, 0.6) is 0 Å². The molecule has 0 saturated carbocycles. The van der Waals surface area contributed by atoms with Gasteiger partial charge >= 0.3 is 0 Å². The zero-order valence-corrected chi connectivity index (χ0v) is 39.1. The van der Waals surface area contributed by atoms with Gasteiger partial charge in [0, 0.05) is 34.1 Å². The average Bonchev–Trinajstić information content (AvgIpc) is 3.87. The third-order valence-corrected chi connectivity index (χ3v) is 14.7. The highest BCUT2D eigenvalue weighted by molar-refractivity contribution is 6.10. The molecule has 2 aliphatic rings.